The zero-order chi connectivity index (χ0) is 12.3. The van der Waals surface area contributed by atoms with Gasteiger partial charge in [-0.05, 0) is 26.0 Å². The van der Waals surface area contributed by atoms with Crippen LogP contribution < -0.4 is 5.32 Å². The van der Waals surface area contributed by atoms with Gasteiger partial charge in [-0.15, -0.1) is 0 Å². The van der Waals surface area contributed by atoms with Crippen LogP contribution in [0.2, 0.25) is 0 Å². The number of carbonyl (C=O) groups excluding carboxylic acids is 1. The number of carboxylic acids is 1. The maximum absolute atomic E-state index is 12.7. The maximum atomic E-state index is 12.7. The van der Waals surface area contributed by atoms with Crippen LogP contribution in [0.4, 0.5) is 4.39 Å². The third-order valence-electron chi connectivity index (χ3n) is 1.91. The van der Waals surface area contributed by atoms with Crippen LogP contribution in [-0.2, 0) is 4.79 Å². The molecule has 0 bridgehead atoms. The van der Waals surface area contributed by atoms with E-state index in [4.69, 9.17) is 5.11 Å². The molecule has 2 N–H and O–H groups in total. The van der Waals surface area contributed by atoms with Gasteiger partial charge in [-0.2, -0.15) is 4.39 Å². The second-order valence-corrected chi connectivity index (χ2v) is 3.73. The number of nitrogens with one attached hydrogen (secondary N) is 1. The molecular weight excluding hydrogens is 215 g/mol. The maximum Gasteiger partial charge on any atom is 0.328 e. The van der Waals surface area contributed by atoms with Crippen molar-refractivity contribution in [2.75, 3.05) is 0 Å². The van der Waals surface area contributed by atoms with E-state index in [0.29, 0.717) is 0 Å². The van der Waals surface area contributed by atoms with Crippen LogP contribution in [0.1, 0.15) is 24.3 Å². The fourth-order valence-electron chi connectivity index (χ4n) is 0.936. The molecule has 0 aromatic carbocycles. The van der Waals surface area contributed by atoms with Gasteiger partial charge in [0.2, 0.25) is 5.95 Å². The van der Waals surface area contributed by atoms with Gasteiger partial charge in [-0.25, -0.2) is 9.78 Å². The van der Waals surface area contributed by atoms with Crippen molar-refractivity contribution in [1.82, 2.24) is 10.3 Å². The first-order valence-electron chi connectivity index (χ1n) is 4.51. The summed E-state index contributed by atoms with van der Waals surface area (Å²) in [6.07, 6.45) is 0. The van der Waals surface area contributed by atoms with Crippen molar-refractivity contribution in [1.29, 1.82) is 0 Å². The lowest BCUT2D eigenvalue weighted by Crippen LogP contribution is -2.49. The molecule has 1 rings (SSSR count). The molecule has 0 aliphatic carbocycles. The van der Waals surface area contributed by atoms with Gasteiger partial charge < -0.3 is 10.4 Å². The third-order valence-corrected chi connectivity index (χ3v) is 1.91. The Morgan fingerprint density at radius 1 is 1.44 bits per heavy atom. The number of carbonyl (C=O) groups is 2. The van der Waals surface area contributed by atoms with Gasteiger partial charge >= 0.3 is 5.97 Å². The summed E-state index contributed by atoms with van der Waals surface area (Å²) in [6.45, 7) is 2.65. The van der Waals surface area contributed by atoms with Crippen molar-refractivity contribution in [2.45, 2.75) is 19.4 Å². The minimum absolute atomic E-state index is 0.158. The van der Waals surface area contributed by atoms with Crippen LogP contribution in [-0.4, -0.2) is 27.5 Å². The number of hydrogen-bond acceptors (Lipinski definition) is 3. The number of pyridine rings is 1. The second-order valence-electron chi connectivity index (χ2n) is 3.73. The number of nitrogens with zero attached hydrogens (tertiary/aromatic N) is 1. The topological polar surface area (TPSA) is 79.3 Å². The molecule has 1 heterocycles. The van der Waals surface area contributed by atoms with Crippen LogP contribution in [0.25, 0.3) is 0 Å². The monoisotopic (exact) mass is 226 g/mol. The summed E-state index contributed by atoms with van der Waals surface area (Å²) < 4.78 is 12.7. The Labute approximate surface area is 91.3 Å². The number of hydrogen-bond donors (Lipinski definition) is 2. The average molecular weight is 226 g/mol. The van der Waals surface area contributed by atoms with Gasteiger partial charge in [0.1, 0.15) is 11.2 Å². The van der Waals surface area contributed by atoms with E-state index < -0.39 is 23.4 Å². The predicted octanol–water partition coefficient (Wildman–Crippen LogP) is 0.814. The zero-order valence-electron chi connectivity index (χ0n) is 8.82. The Balaban J connectivity index is 2.85. The van der Waals surface area contributed by atoms with Crippen molar-refractivity contribution < 1.29 is 19.1 Å². The molecule has 0 aliphatic heterocycles. The van der Waals surface area contributed by atoms with Crippen LogP contribution in [0.5, 0.6) is 0 Å². The van der Waals surface area contributed by atoms with E-state index in [9.17, 15) is 14.0 Å². The lowest BCUT2D eigenvalue weighted by Gasteiger charge is -2.20. The third kappa shape index (κ3) is 2.75. The number of aliphatic carboxylic acids is 1. The first-order chi connectivity index (χ1) is 7.33. The lowest BCUT2D eigenvalue weighted by atomic mass is 10.1. The number of rotatable bonds is 3. The van der Waals surface area contributed by atoms with Crippen molar-refractivity contribution >= 4 is 11.9 Å². The largest absolute Gasteiger partial charge is 0.480 e. The molecule has 0 unspecified atom stereocenters. The Kier molecular flexibility index (Phi) is 3.22. The molecule has 86 valence electrons. The summed E-state index contributed by atoms with van der Waals surface area (Å²) in [6, 6.07) is 3.72. The van der Waals surface area contributed by atoms with E-state index in [2.05, 4.69) is 10.3 Å². The van der Waals surface area contributed by atoms with Crippen molar-refractivity contribution in [3.63, 3.8) is 0 Å². The minimum Gasteiger partial charge on any atom is -0.480 e. The SMILES string of the molecule is CC(C)(NC(=O)c1cccc(F)n1)C(=O)O. The summed E-state index contributed by atoms with van der Waals surface area (Å²) in [5, 5.41) is 11.0. The summed E-state index contributed by atoms with van der Waals surface area (Å²) in [5.41, 5.74) is -1.58. The highest BCUT2D eigenvalue weighted by Crippen LogP contribution is 2.05. The van der Waals surface area contributed by atoms with Gasteiger partial charge in [-0.1, -0.05) is 6.07 Å². The number of aromatic nitrogens is 1. The van der Waals surface area contributed by atoms with E-state index >= 15 is 0 Å². The van der Waals surface area contributed by atoms with Gasteiger partial charge in [0, 0.05) is 0 Å². The molecule has 0 fully saturated rings. The van der Waals surface area contributed by atoms with E-state index in [-0.39, 0.29) is 5.69 Å². The Hall–Kier alpha value is -1.98. The number of amides is 1. The molecule has 0 radical (unpaired) electrons. The van der Waals surface area contributed by atoms with Crippen LogP contribution >= 0.6 is 0 Å². The highest BCUT2D eigenvalue weighted by molar-refractivity contribution is 5.96. The molecular formula is C10H11FN2O3. The summed E-state index contributed by atoms with van der Waals surface area (Å²) in [7, 11) is 0. The standard InChI is InChI=1S/C10H11FN2O3/c1-10(2,9(15)16)13-8(14)6-4-3-5-7(11)12-6/h3-5H,1-2H3,(H,13,14)(H,15,16). The molecule has 0 saturated heterocycles. The summed E-state index contributed by atoms with van der Waals surface area (Å²) in [4.78, 5) is 25.6. The van der Waals surface area contributed by atoms with Crippen LogP contribution in [0.15, 0.2) is 18.2 Å². The molecule has 0 saturated carbocycles. The quantitative estimate of drug-likeness (QED) is 0.747. The van der Waals surface area contributed by atoms with E-state index in [0.717, 1.165) is 6.07 Å². The van der Waals surface area contributed by atoms with Gasteiger partial charge in [0.05, 0.1) is 0 Å². The molecule has 0 atom stereocenters. The molecule has 0 aliphatic rings. The van der Waals surface area contributed by atoms with E-state index in [1.54, 1.807) is 0 Å². The molecule has 1 aromatic heterocycles. The van der Waals surface area contributed by atoms with Crippen molar-refractivity contribution in [3.8, 4) is 0 Å². The fraction of sp³-hybridized carbons (Fsp3) is 0.300. The number of carboxylic acid groups (broad SMARTS) is 1. The molecule has 0 spiro atoms. The molecule has 16 heavy (non-hydrogen) atoms. The minimum atomic E-state index is -1.43. The first kappa shape index (κ1) is 12.1. The summed E-state index contributed by atoms with van der Waals surface area (Å²) >= 11 is 0. The lowest BCUT2D eigenvalue weighted by molar-refractivity contribution is -0.143. The first-order valence-corrected chi connectivity index (χ1v) is 4.51. The zero-order valence-corrected chi connectivity index (χ0v) is 8.82. The average Bonchev–Trinajstić information content (AvgIpc) is 2.16. The Bertz CT molecular complexity index is 432. The van der Waals surface area contributed by atoms with Gasteiger partial charge in [-0.3, -0.25) is 4.79 Å². The summed E-state index contributed by atoms with van der Waals surface area (Å²) in [5.74, 6) is -2.70. The van der Waals surface area contributed by atoms with E-state index in [1.807, 2.05) is 0 Å². The van der Waals surface area contributed by atoms with Crippen molar-refractivity contribution in [3.05, 3.63) is 29.8 Å². The highest BCUT2D eigenvalue weighted by Gasteiger charge is 2.29. The molecule has 5 nitrogen and oxygen atoms in total. The molecule has 6 heteroatoms. The smallest absolute Gasteiger partial charge is 0.328 e. The van der Waals surface area contributed by atoms with E-state index in [1.165, 1.54) is 26.0 Å². The van der Waals surface area contributed by atoms with Gasteiger partial charge in [0.15, 0.2) is 0 Å². The Morgan fingerprint density at radius 3 is 2.56 bits per heavy atom. The van der Waals surface area contributed by atoms with Gasteiger partial charge in [0.25, 0.3) is 5.91 Å². The molecule has 1 amide bonds. The van der Waals surface area contributed by atoms with Crippen LogP contribution in [0.3, 0.4) is 0 Å². The molecule has 1 aromatic rings. The van der Waals surface area contributed by atoms with Crippen LogP contribution in [0, 0.1) is 5.95 Å². The fourth-order valence-corrected chi connectivity index (χ4v) is 0.936. The predicted molar refractivity (Wildman–Crippen MR) is 53.4 cm³/mol. The highest BCUT2D eigenvalue weighted by atomic mass is 19.1. The normalized spacial score (nSPS) is 10.9. The van der Waals surface area contributed by atoms with Crippen molar-refractivity contribution in [2.24, 2.45) is 0 Å². The second kappa shape index (κ2) is 4.26. The number of halogens is 1. The Morgan fingerprint density at radius 2 is 2.06 bits per heavy atom.